The van der Waals surface area contributed by atoms with Crippen molar-refractivity contribution in [2.45, 2.75) is 122 Å². The minimum atomic E-state index is -1.26. The Morgan fingerprint density at radius 2 is 0.938 bits per heavy atom. The monoisotopic (exact) mass is 453 g/mol. The Kier molecular flexibility index (Phi) is 27.0. The van der Waals surface area contributed by atoms with Crippen LogP contribution in [0.15, 0.2) is 24.3 Å². The maximum atomic E-state index is 10.6. The highest BCUT2D eigenvalue weighted by Gasteiger charge is 1.95. The van der Waals surface area contributed by atoms with Crippen LogP contribution in [0, 0.1) is 0 Å². The molecule has 0 spiro atoms. The summed E-state index contributed by atoms with van der Waals surface area (Å²) in [5.74, 6) is -2.67. The van der Waals surface area contributed by atoms with Gasteiger partial charge in [-0.25, -0.2) is 9.59 Å². The molecule has 0 bridgehead atoms. The van der Waals surface area contributed by atoms with E-state index < -0.39 is 11.9 Å². The molecule has 186 valence electrons. The number of aliphatic carboxylic acids is 2. The van der Waals surface area contributed by atoms with Crippen LogP contribution in [-0.2, 0) is 14.4 Å². The van der Waals surface area contributed by atoms with Crippen LogP contribution in [0.4, 0.5) is 0 Å². The van der Waals surface area contributed by atoms with Crippen molar-refractivity contribution in [2.24, 2.45) is 5.73 Å². The molecular weight excluding hydrogens is 406 g/mol. The van der Waals surface area contributed by atoms with Crippen LogP contribution in [0.5, 0.6) is 0 Å². The SMILES string of the molecule is CCCCCCCC/C=C\CCCCCCCCCCCC(N)=O.O=C(O)/C=C\C(=O)O. The summed E-state index contributed by atoms with van der Waals surface area (Å²) < 4.78 is 0. The van der Waals surface area contributed by atoms with E-state index in [4.69, 9.17) is 15.9 Å². The number of carbonyl (C=O) groups is 3. The van der Waals surface area contributed by atoms with Gasteiger partial charge in [-0.3, -0.25) is 4.79 Å². The molecule has 0 saturated heterocycles. The number of allylic oxidation sites excluding steroid dienone is 2. The lowest BCUT2D eigenvalue weighted by atomic mass is 10.1. The van der Waals surface area contributed by atoms with Crippen molar-refractivity contribution < 1.29 is 24.6 Å². The van der Waals surface area contributed by atoms with Crippen molar-refractivity contribution in [1.29, 1.82) is 0 Å². The first-order valence-corrected chi connectivity index (χ1v) is 12.5. The Bertz CT molecular complexity index is 498. The second-order valence-electron chi connectivity index (χ2n) is 8.22. The summed E-state index contributed by atoms with van der Waals surface area (Å²) in [5.41, 5.74) is 5.13. The normalized spacial score (nSPS) is 10.9. The van der Waals surface area contributed by atoms with E-state index in [1.54, 1.807) is 0 Å². The van der Waals surface area contributed by atoms with E-state index in [0.717, 1.165) is 12.8 Å². The van der Waals surface area contributed by atoms with Crippen LogP contribution in [0.1, 0.15) is 122 Å². The highest BCUT2D eigenvalue weighted by atomic mass is 16.4. The van der Waals surface area contributed by atoms with E-state index in [1.807, 2.05) is 0 Å². The summed E-state index contributed by atoms with van der Waals surface area (Å²) in [5, 5.41) is 15.6. The number of carbonyl (C=O) groups excluding carboxylic acids is 1. The first kappa shape index (κ1) is 32.1. The zero-order chi connectivity index (χ0) is 24.3. The van der Waals surface area contributed by atoms with Crippen molar-refractivity contribution >= 4 is 17.8 Å². The number of carboxylic acids is 2. The van der Waals surface area contributed by atoms with E-state index in [9.17, 15) is 14.4 Å². The molecule has 1 amide bonds. The second-order valence-corrected chi connectivity index (χ2v) is 8.22. The molecule has 4 N–H and O–H groups in total. The summed E-state index contributed by atoms with van der Waals surface area (Å²) >= 11 is 0. The number of primary amides is 1. The van der Waals surface area contributed by atoms with Crippen LogP contribution in [0.3, 0.4) is 0 Å². The molecule has 0 unspecified atom stereocenters. The number of hydrogen-bond acceptors (Lipinski definition) is 3. The van der Waals surface area contributed by atoms with Crippen molar-refractivity contribution in [3.63, 3.8) is 0 Å². The second kappa shape index (κ2) is 26.9. The zero-order valence-electron chi connectivity index (χ0n) is 20.2. The Balaban J connectivity index is 0. The van der Waals surface area contributed by atoms with Gasteiger partial charge in [-0.05, 0) is 32.1 Å². The summed E-state index contributed by atoms with van der Waals surface area (Å²) in [6.07, 6.45) is 28.9. The Hall–Kier alpha value is -2.11. The Morgan fingerprint density at radius 1 is 0.594 bits per heavy atom. The van der Waals surface area contributed by atoms with Crippen molar-refractivity contribution in [1.82, 2.24) is 0 Å². The number of hydrogen-bond donors (Lipinski definition) is 3. The van der Waals surface area contributed by atoms with Crippen LogP contribution >= 0.6 is 0 Å². The first-order valence-electron chi connectivity index (χ1n) is 12.5. The Labute approximate surface area is 195 Å². The van der Waals surface area contributed by atoms with E-state index in [1.165, 1.54) is 96.3 Å². The average Bonchev–Trinajstić information content (AvgIpc) is 2.74. The van der Waals surface area contributed by atoms with Crippen LogP contribution < -0.4 is 5.73 Å². The van der Waals surface area contributed by atoms with Gasteiger partial charge in [0.2, 0.25) is 5.91 Å². The van der Waals surface area contributed by atoms with Crippen molar-refractivity contribution in [3.8, 4) is 0 Å². The standard InChI is InChI=1S/C22H43NO.C4H4O4/c1-2-3-4-5-6-7-8-9-10-11-12-13-14-15-16-17-18-19-20-21-22(23)24;5-3(6)1-2-4(7)8/h9-10H,2-8,11-21H2,1H3,(H2,23,24);1-2H,(H,5,6)(H,7,8)/b10-9-;2-1-. The fourth-order valence-corrected chi connectivity index (χ4v) is 3.22. The average molecular weight is 454 g/mol. The highest BCUT2D eigenvalue weighted by molar-refractivity contribution is 5.89. The van der Waals surface area contributed by atoms with Crippen molar-refractivity contribution in [2.75, 3.05) is 0 Å². The third kappa shape index (κ3) is 35.3. The van der Waals surface area contributed by atoms with E-state index >= 15 is 0 Å². The van der Waals surface area contributed by atoms with Crippen LogP contribution in [0.2, 0.25) is 0 Å². The predicted octanol–water partition coefficient (Wildman–Crippen LogP) is 6.78. The molecule has 0 aromatic rings. The minimum Gasteiger partial charge on any atom is -0.478 e. The molecule has 0 radical (unpaired) electrons. The van der Waals surface area contributed by atoms with E-state index in [-0.39, 0.29) is 5.91 Å². The fraction of sp³-hybridized carbons (Fsp3) is 0.731. The summed E-state index contributed by atoms with van der Waals surface area (Å²) in [7, 11) is 0. The fourth-order valence-electron chi connectivity index (χ4n) is 3.22. The number of carboxylic acid groups (broad SMARTS) is 2. The quantitative estimate of drug-likeness (QED) is 0.101. The lowest BCUT2D eigenvalue weighted by Gasteiger charge is -2.01. The zero-order valence-corrected chi connectivity index (χ0v) is 20.2. The van der Waals surface area contributed by atoms with Gasteiger partial charge < -0.3 is 15.9 Å². The number of unbranched alkanes of at least 4 members (excludes halogenated alkanes) is 15. The molecule has 0 fully saturated rings. The molecule has 0 aromatic carbocycles. The van der Waals surface area contributed by atoms with Gasteiger partial charge in [0.05, 0.1) is 0 Å². The lowest BCUT2D eigenvalue weighted by molar-refractivity contribution is -0.134. The van der Waals surface area contributed by atoms with Gasteiger partial charge in [-0.15, -0.1) is 0 Å². The third-order valence-electron chi connectivity index (χ3n) is 5.05. The molecule has 0 rings (SSSR count). The molecule has 0 aromatic heterocycles. The molecular formula is C26H47NO5. The largest absolute Gasteiger partial charge is 0.478 e. The maximum absolute atomic E-state index is 10.6. The minimum absolute atomic E-state index is 0.156. The van der Waals surface area contributed by atoms with Crippen molar-refractivity contribution in [3.05, 3.63) is 24.3 Å². The number of rotatable bonds is 21. The molecule has 6 nitrogen and oxygen atoms in total. The molecule has 6 heteroatoms. The molecule has 0 atom stereocenters. The summed E-state index contributed by atoms with van der Waals surface area (Å²) in [6, 6.07) is 0. The number of amides is 1. The summed E-state index contributed by atoms with van der Waals surface area (Å²) in [4.78, 5) is 29.7. The van der Waals surface area contributed by atoms with Gasteiger partial charge >= 0.3 is 11.9 Å². The highest BCUT2D eigenvalue weighted by Crippen LogP contribution is 2.12. The molecule has 0 aliphatic heterocycles. The number of nitrogens with two attached hydrogens (primary N) is 1. The first-order chi connectivity index (χ1) is 15.4. The van der Waals surface area contributed by atoms with Gasteiger partial charge in [-0.2, -0.15) is 0 Å². The van der Waals surface area contributed by atoms with Gasteiger partial charge in [0.15, 0.2) is 0 Å². The van der Waals surface area contributed by atoms with Gasteiger partial charge in [0.25, 0.3) is 0 Å². The maximum Gasteiger partial charge on any atom is 0.328 e. The van der Waals surface area contributed by atoms with Crippen LogP contribution in [0.25, 0.3) is 0 Å². The van der Waals surface area contributed by atoms with Crippen LogP contribution in [-0.4, -0.2) is 28.1 Å². The Morgan fingerprint density at radius 3 is 1.28 bits per heavy atom. The third-order valence-corrected chi connectivity index (χ3v) is 5.05. The molecule has 0 saturated carbocycles. The lowest BCUT2D eigenvalue weighted by Crippen LogP contribution is -2.09. The topological polar surface area (TPSA) is 118 Å². The molecule has 0 aliphatic rings. The molecule has 0 aliphatic carbocycles. The predicted molar refractivity (Wildman–Crippen MR) is 132 cm³/mol. The van der Waals surface area contributed by atoms with E-state index in [2.05, 4.69) is 19.1 Å². The van der Waals surface area contributed by atoms with Gasteiger partial charge in [0, 0.05) is 18.6 Å². The van der Waals surface area contributed by atoms with Gasteiger partial charge in [-0.1, -0.05) is 96.1 Å². The molecule has 32 heavy (non-hydrogen) atoms. The van der Waals surface area contributed by atoms with Gasteiger partial charge in [0.1, 0.15) is 0 Å². The smallest absolute Gasteiger partial charge is 0.328 e. The summed E-state index contributed by atoms with van der Waals surface area (Å²) in [6.45, 7) is 2.28. The van der Waals surface area contributed by atoms with E-state index in [0.29, 0.717) is 18.6 Å². The molecule has 0 heterocycles.